The van der Waals surface area contributed by atoms with Gasteiger partial charge in [0.05, 0.1) is 6.54 Å². The molecule has 4 aromatic rings. The highest BCUT2D eigenvalue weighted by atomic mass is 32.1. The Kier molecular flexibility index (Phi) is 4.86. The molecule has 0 spiro atoms. The molecule has 26 heavy (non-hydrogen) atoms. The summed E-state index contributed by atoms with van der Waals surface area (Å²) in [4.78, 5) is 3.03. The van der Waals surface area contributed by atoms with Gasteiger partial charge in [0, 0.05) is 6.54 Å². The largest absolute Gasteiger partial charge is 0.295 e. The molecule has 2 heterocycles. The van der Waals surface area contributed by atoms with Crippen LogP contribution in [0.25, 0.3) is 17.1 Å². The normalized spacial score (nSPS) is 11.8. The van der Waals surface area contributed by atoms with Gasteiger partial charge in [0.2, 0.25) is 4.96 Å². The van der Waals surface area contributed by atoms with Crippen molar-refractivity contribution in [2.45, 2.75) is 13.1 Å². The molecular formula is C20H19N5S. The summed E-state index contributed by atoms with van der Waals surface area (Å²) in [5.41, 5.74) is 2.43. The SMILES string of the molecule is CN(Cc1ccccc1)Cc1nnc2sc(/C=C/c3ccccc3)nn12. The van der Waals surface area contributed by atoms with Gasteiger partial charge >= 0.3 is 0 Å². The van der Waals surface area contributed by atoms with Gasteiger partial charge in [-0.15, -0.1) is 10.2 Å². The third kappa shape index (κ3) is 3.87. The minimum atomic E-state index is 0.696. The first-order valence-corrected chi connectivity index (χ1v) is 9.26. The first-order valence-electron chi connectivity index (χ1n) is 8.45. The molecule has 0 fully saturated rings. The van der Waals surface area contributed by atoms with E-state index in [4.69, 9.17) is 0 Å². The Balaban J connectivity index is 1.48. The predicted molar refractivity (Wildman–Crippen MR) is 106 cm³/mol. The molecule has 2 aromatic carbocycles. The average molecular weight is 361 g/mol. The molecule has 0 unspecified atom stereocenters. The lowest BCUT2D eigenvalue weighted by Crippen LogP contribution is -2.19. The van der Waals surface area contributed by atoms with Crippen molar-refractivity contribution < 1.29 is 0 Å². The van der Waals surface area contributed by atoms with Crippen molar-refractivity contribution in [1.29, 1.82) is 0 Å². The molecule has 0 amide bonds. The Labute approximate surface area is 156 Å². The summed E-state index contributed by atoms with van der Waals surface area (Å²) in [6, 6.07) is 20.6. The molecule has 0 bridgehead atoms. The van der Waals surface area contributed by atoms with Gasteiger partial charge in [0.25, 0.3) is 0 Å². The number of benzene rings is 2. The van der Waals surface area contributed by atoms with E-state index in [-0.39, 0.29) is 0 Å². The van der Waals surface area contributed by atoms with Crippen molar-refractivity contribution in [2.24, 2.45) is 0 Å². The lowest BCUT2D eigenvalue weighted by molar-refractivity contribution is 0.308. The fourth-order valence-electron chi connectivity index (χ4n) is 2.76. The topological polar surface area (TPSA) is 46.3 Å². The predicted octanol–water partition coefficient (Wildman–Crippen LogP) is 3.99. The highest BCUT2D eigenvalue weighted by Gasteiger charge is 2.12. The highest BCUT2D eigenvalue weighted by Crippen LogP contribution is 2.17. The van der Waals surface area contributed by atoms with Crippen molar-refractivity contribution in [3.05, 3.63) is 82.6 Å². The number of hydrogen-bond acceptors (Lipinski definition) is 5. The summed E-state index contributed by atoms with van der Waals surface area (Å²) < 4.78 is 1.84. The van der Waals surface area contributed by atoms with Crippen LogP contribution in [0.1, 0.15) is 22.0 Å². The summed E-state index contributed by atoms with van der Waals surface area (Å²) in [5.74, 6) is 0.856. The molecule has 0 saturated heterocycles. The Morgan fingerprint density at radius 3 is 2.42 bits per heavy atom. The van der Waals surface area contributed by atoms with E-state index in [0.29, 0.717) is 6.54 Å². The molecule has 0 radical (unpaired) electrons. The minimum absolute atomic E-state index is 0.696. The second-order valence-corrected chi connectivity index (χ2v) is 7.14. The van der Waals surface area contributed by atoms with E-state index in [0.717, 1.165) is 27.9 Å². The van der Waals surface area contributed by atoms with Gasteiger partial charge in [-0.1, -0.05) is 78.1 Å². The molecule has 0 aliphatic heterocycles. The molecule has 0 N–H and O–H groups in total. The smallest absolute Gasteiger partial charge is 0.235 e. The maximum atomic E-state index is 4.64. The van der Waals surface area contributed by atoms with Crippen LogP contribution in [0.15, 0.2) is 60.7 Å². The standard InChI is InChI=1S/C20H19N5S/c1-24(14-17-10-6-3-7-11-17)15-18-21-22-20-25(18)23-19(26-20)13-12-16-8-4-2-5-9-16/h2-13H,14-15H2,1H3/b13-12+. The van der Waals surface area contributed by atoms with Crippen LogP contribution in [0.5, 0.6) is 0 Å². The molecule has 0 atom stereocenters. The highest BCUT2D eigenvalue weighted by molar-refractivity contribution is 7.17. The van der Waals surface area contributed by atoms with Gasteiger partial charge in [-0.3, -0.25) is 4.90 Å². The van der Waals surface area contributed by atoms with Crippen LogP contribution in [-0.4, -0.2) is 31.8 Å². The fourth-order valence-corrected chi connectivity index (χ4v) is 3.52. The zero-order valence-electron chi connectivity index (χ0n) is 14.5. The minimum Gasteiger partial charge on any atom is -0.295 e. The Hall–Kier alpha value is -2.83. The van der Waals surface area contributed by atoms with Crippen LogP contribution < -0.4 is 0 Å². The maximum absolute atomic E-state index is 4.64. The lowest BCUT2D eigenvalue weighted by atomic mass is 10.2. The lowest BCUT2D eigenvalue weighted by Gasteiger charge is -2.14. The maximum Gasteiger partial charge on any atom is 0.235 e. The molecule has 0 aliphatic rings. The molecule has 0 aliphatic carbocycles. The molecule has 0 saturated carbocycles. The Morgan fingerprint density at radius 1 is 0.923 bits per heavy atom. The van der Waals surface area contributed by atoms with Crippen molar-refractivity contribution in [2.75, 3.05) is 7.05 Å². The summed E-state index contributed by atoms with van der Waals surface area (Å²) in [6.07, 6.45) is 4.08. The van der Waals surface area contributed by atoms with Crippen LogP contribution >= 0.6 is 11.3 Å². The zero-order valence-corrected chi connectivity index (χ0v) is 15.3. The molecule has 5 nitrogen and oxygen atoms in total. The second-order valence-electron chi connectivity index (χ2n) is 6.15. The monoisotopic (exact) mass is 361 g/mol. The van der Waals surface area contributed by atoms with E-state index in [9.17, 15) is 0 Å². The van der Waals surface area contributed by atoms with E-state index < -0.39 is 0 Å². The summed E-state index contributed by atoms with van der Waals surface area (Å²) in [6.45, 7) is 1.56. The Bertz CT molecular complexity index is 1000. The third-order valence-corrected chi connectivity index (χ3v) is 4.86. The summed E-state index contributed by atoms with van der Waals surface area (Å²) in [5, 5.41) is 14.1. The molecular weight excluding hydrogens is 342 g/mol. The fraction of sp³-hybridized carbons (Fsp3) is 0.150. The molecule has 2 aromatic heterocycles. The van der Waals surface area contributed by atoms with Gasteiger partial charge < -0.3 is 0 Å². The summed E-state index contributed by atoms with van der Waals surface area (Å²) in [7, 11) is 2.08. The number of nitrogens with zero attached hydrogens (tertiary/aromatic N) is 5. The average Bonchev–Trinajstić information content (AvgIpc) is 3.23. The molecule has 6 heteroatoms. The molecule has 130 valence electrons. The molecule has 4 rings (SSSR count). The number of hydrogen-bond donors (Lipinski definition) is 0. The summed E-state index contributed by atoms with van der Waals surface area (Å²) >= 11 is 1.54. The van der Waals surface area contributed by atoms with E-state index in [1.54, 1.807) is 11.3 Å². The van der Waals surface area contributed by atoms with E-state index in [2.05, 4.69) is 69.7 Å². The van der Waals surface area contributed by atoms with Crippen LogP contribution in [0.2, 0.25) is 0 Å². The number of aromatic nitrogens is 4. The zero-order chi connectivity index (χ0) is 17.8. The third-order valence-electron chi connectivity index (χ3n) is 4.00. The first-order chi connectivity index (χ1) is 12.8. The van der Waals surface area contributed by atoms with E-state index in [1.807, 2.05) is 34.9 Å². The number of rotatable bonds is 6. The second kappa shape index (κ2) is 7.59. The van der Waals surface area contributed by atoms with Gasteiger partial charge in [-0.05, 0) is 24.3 Å². The van der Waals surface area contributed by atoms with Crippen molar-refractivity contribution in [3.63, 3.8) is 0 Å². The van der Waals surface area contributed by atoms with Crippen LogP contribution in [0.3, 0.4) is 0 Å². The van der Waals surface area contributed by atoms with Crippen LogP contribution in [0, 0.1) is 0 Å². The van der Waals surface area contributed by atoms with Crippen molar-refractivity contribution in [3.8, 4) is 0 Å². The first kappa shape index (κ1) is 16.6. The van der Waals surface area contributed by atoms with Crippen LogP contribution in [-0.2, 0) is 13.1 Å². The van der Waals surface area contributed by atoms with Gasteiger partial charge in [-0.2, -0.15) is 9.61 Å². The quantitative estimate of drug-likeness (QED) is 0.521. The van der Waals surface area contributed by atoms with Crippen molar-refractivity contribution in [1.82, 2.24) is 24.7 Å². The number of fused-ring (bicyclic) bond motifs is 1. The van der Waals surface area contributed by atoms with Crippen LogP contribution in [0.4, 0.5) is 0 Å². The van der Waals surface area contributed by atoms with E-state index in [1.165, 1.54) is 5.56 Å². The van der Waals surface area contributed by atoms with Gasteiger partial charge in [-0.25, -0.2) is 0 Å². The van der Waals surface area contributed by atoms with Gasteiger partial charge in [0.1, 0.15) is 5.01 Å². The van der Waals surface area contributed by atoms with Gasteiger partial charge in [0.15, 0.2) is 5.82 Å². The Morgan fingerprint density at radius 2 is 1.65 bits per heavy atom. The van der Waals surface area contributed by atoms with Crippen molar-refractivity contribution >= 4 is 28.4 Å². The van der Waals surface area contributed by atoms with E-state index >= 15 is 0 Å².